The van der Waals surface area contributed by atoms with Gasteiger partial charge in [0.2, 0.25) is 0 Å². The Hall–Kier alpha value is -2.09. The predicted octanol–water partition coefficient (Wildman–Crippen LogP) is 3.51. The number of urea groups is 1. The van der Waals surface area contributed by atoms with Gasteiger partial charge in [0, 0.05) is 6.54 Å². The number of halogens is 3. The summed E-state index contributed by atoms with van der Waals surface area (Å²) in [4.78, 5) is 27.5. The van der Waals surface area contributed by atoms with Crippen LogP contribution in [0.1, 0.15) is 38.2 Å². The number of benzene rings is 1. The molecular weight excluding hydrogens is 359 g/mol. The number of carbonyl (C=O) groups excluding carboxylic acids is 2. The summed E-state index contributed by atoms with van der Waals surface area (Å²) in [6, 6.07) is 8.11. The molecule has 0 aromatic heterocycles. The molecule has 3 amide bonds. The molecule has 1 heterocycles. The summed E-state index contributed by atoms with van der Waals surface area (Å²) >= 11 is 0. The van der Waals surface area contributed by atoms with Gasteiger partial charge in [-0.1, -0.05) is 50.1 Å². The Morgan fingerprint density at radius 3 is 2.56 bits per heavy atom. The molecule has 2 fully saturated rings. The largest absolute Gasteiger partial charge is 0.401 e. The number of nitrogens with one attached hydrogen (secondary N) is 1. The van der Waals surface area contributed by atoms with Gasteiger partial charge >= 0.3 is 12.2 Å². The molecule has 0 unspecified atom stereocenters. The third kappa shape index (κ3) is 4.26. The predicted molar refractivity (Wildman–Crippen MR) is 93.5 cm³/mol. The fourth-order valence-electron chi connectivity index (χ4n) is 4.07. The molecular formula is C19H24F3N3O2. The van der Waals surface area contributed by atoms with E-state index < -0.39 is 30.2 Å². The van der Waals surface area contributed by atoms with Crippen molar-refractivity contribution >= 4 is 11.9 Å². The van der Waals surface area contributed by atoms with Gasteiger partial charge in [-0.25, -0.2) is 9.69 Å². The first kappa shape index (κ1) is 19.7. The van der Waals surface area contributed by atoms with Gasteiger partial charge in [-0.3, -0.25) is 9.69 Å². The quantitative estimate of drug-likeness (QED) is 0.792. The molecule has 148 valence electrons. The second-order valence-corrected chi connectivity index (χ2v) is 7.51. The SMILES string of the molecule is C[C@H]1CCCC[C@]12NC(=O)N(CN(Cc1ccccc1)CC(F)(F)F)C2=O. The highest BCUT2D eigenvalue weighted by Crippen LogP contribution is 2.38. The lowest BCUT2D eigenvalue weighted by atomic mass is 9.73. The second kappa shape index (κ2) is 7.50. The minimum Gasteiger partial charge on any atom is -0.323 e. The van der Waals surface area contributed by atoms with E-state index in [-0.39, 0.29) is 19.1 Å². The number of alkyl halides is 3. The van der Waals surface area contributed by atoms with E-state index in [1.165, 1.54) is 0 Å². The number of hydrogen-bond acceptors (Lipinski definition) is 3. The van der Waals surface area contributed by atoms with E-state index in [4.69, 9.17) is 0 Å². The molecule has 27 heavy (non-hydrogen) atoms. The van der Waals surface area contributed by atoms with Crippen LogP contribution in [0.15, 0.2) is 30.3 Å². The minimum atomic E-state index is -4.43. The van der Waals surface area contributed by atoms with Crippen LogP contribution in [0.3, 0.4) is 0 Å². The van der Waals surface area contributed by atoms with Crippen LogP contribution in [0.5, 0.6) is 0 Å². The monoisotopic (exact) mass is 383 g/mol. The normalized spacial score (nSPS) is 26.1. The van der Waals surface area contributed by atoms with Crippen molar-refractivity contribution in [2.75, 3.05) is 13.2 Å². The zero-order valence-electron chi connectivity index (χ0n) is 15.3. The molecule has 8 heteroatoms. The standard InChI is InChI=1S/C19H24F3N3O2/c1-14-7-5-6-10-18(14)16(26)25(17(27)23-18)13-24(12-19(20,21)22)11-15-8-3-2-4-9-15/h2-4,8-9,14H,5-7,10-13H2,1H3,(H,23,27)/t14-,18-/m0/s1. The molecule has 1 saturated carbocycles. The first-order valence-electron chi connectivity index (χ1n) is 9.18. The maximum atomic E-state index is 13.0. The Morgan fingerprint density at radius 1 is 1.22 bits per heavy atom. The van der Waals surface area contributed by atoms with E-state index in [1.807, 2.05) is 6.92 Å². The van der Waals surface area contributed by atoms with Crippen molar-refractivity contribution in [3.05, 3.63) is 35.9 Å². The van der Waals surface area contributed by atoms with Crippen LogP contribution in [0.2, 0.25) is 0 Å². The maximum Gasteiger partial charge on any atom is 0.401 e. The van der Waals surface area contributed by atoms with Crippen LogP contribution in [0.4, 0.5) is 18.0 Å². The molecule has 2 aliphatic rings. The zero-order chi connectivity index (χ0) is 19.7. The molecule has 1 aliphatic heterocycles. The fraction of sp³-hybridized carbons (Fsp3) is 0.579. The van der Waals surface area contributed by atoms with Gasteiger partial charge in [0.25, 0.3) is 5.91 Å². The van der Waals surface area contributed by atoms with Gasteiger partial charge in [-0.05, 0) is 24.3 Å². The van der Waals surface area contributed by atoms with E-state index in [9.17, 15) is 22.8 Å². The summed E-state index contributed by atoms with van der Waals surface area (Å²) in [6.07, 6.45) is -1.27. The first-order chi connectivity index (χ1) is 12.7. The average molecular weight is 383 g/mol. The van der Waals surface area contributed by atoms with Crippen LogP contribution in [0.25, 0.3) is 0 Å². The molecule has 0 radical (unpaired) electrons. The van der Waals surface area contributed by atoms with Crippen LogP contribution >= 0.6 is 0 Å². The molecule has 1 N–H and O–H groups in total. The Bertz CT molecular complexity index is 695. The second-order valence-electron chi connectivity index (χ2n) is 7.51. The highest BCUT2D eigenvalue weighted by Gasteiger charge is 2.55. The lowest BCUT2D eigenvalue weighted by Crippen LogP contribution is -2.54. The Balaban J connectivity index is 1.78. The van der Waals surface area contributed by atoms with Gasteiger partial charge in [-0.15, -0.1) is 0 Å². The van der Waals surface area contributed by atoms with Crippen molar-refractivity contribution in [1.82, 2.24) is 15.1 Å². The van der Waals surface area contributed by atoms with Crippen LogP contribution in [-0.2, 0) is 11.3 Å². The molecule has 1 aromatic carbocycles. The first-order valence-corrected chi connectivity index (χ1v) is 9.18. The van der Waals surface area contributed by atoms with Crippen molar-refractivity contribution in [1.29, 1.82) is 0 Å². The Morgan fingerprint density at radius 2 is 1.93 bits per heavy atom. The van der Waals surface area contributed by atoms with E-state index in [2.05, 4.69) is 5.32 Å². The topological polar surface area (TPSA) is 52.7 Å². The summed E-state index contributed by atoms with van der Waals surface area (Å²) in [7, 11) is 0. The van der Waals surface area contributed by atoms with E-state index in [1.54, 1.807) is 30.3 Å². The molecule has 1 saturated heterocycles. The third-order valence-corrected chi connectivity index (χ3v) is 5.49. The van der Waals surface area contributed by atoms with E-state index in [0.717, 1.165) is 29.1 Å². The molecule has 0 bridgehead atoms. The number of carbonyl (C=O) groups is 2. The number of hydrogen-bond donors (Lipinski definition) is 1. The molecule has 3 rings (SSSR count). The number of amides is 3. The molecule has 1 aliphatic carbocycles. The van der Waals surface area contributed by atoms with Gasteiger partial charge in [0.1, 0.15) is 5.54 Å². The molecule has 1 spiro atoms. The summed E-state index contributed by atoms with van der Waals surface area (Å²) in [5.74, 6) is -0.433. The van der Waals surface area contributed by atoms with Crippen molar-refractivity contribution in [3.8, 4) is 0 Å². The van der Waals surface area contributed by atoms with Gasteiger partial charge in [0.15, 0.2) is 0 Å². The fourth-order valence-corrected chi connectivity index (χ4v) is 4.07. The van der Waals surface area contributed by atoms with Gasteiger partial charge in [0.05, 0.1) is 13.2 Å². The number of imide groups is 1. The summed E-state index contributed by atoms with van der Waals surface area (Å²) in [5, 5.41) is 2.78. The Labute approximate surface area is 156 Å². The average Bonchev–Trinajstić information content (AvgIpc) is 2.82. The van der Waals surface area contributed by atoms with Crippen molar-refractivity contribution in [2.45, 2.75) is 50.9 Å². The lowest BCUT2D eigenvalue weighted by molar-refractivity contribution is -0.154. The summed E-state index contributed by atoms with van der Waals surface area (Å²) < 4.78 is 39.1. The number of rotatable bonds is 5. The van der Waals surface area contributed by atoms with Crippen LogP contribution < -0.4 is 5.32 Å². The molecule has 5 nitrogen and oxygen atoms in total. The van der Waals surface area contributed by atoms with E-state index >= 15 is 0 Å². The number of nitrogens with zero attached hydrogens (tertiary/aromatic N) is 2. The van der Waals surface area contributed by atoms with Gasteiger partial charge in [-0.2, -0.15) is 13.2 Å². The van der Waals surface area contributed by atoms with Crippen molar-refractivity contribution in [3.63, 3.8) is 0 Å². The van der Waals surface area contributed by atoms with Crippen LogP contribution in [0, 0.1) is 5.92 Å². The highest BCUT2D eigenvalue weighted by atomic mass is 19.4. The smallest absolute Gasteiger partial charge is 0.323 e. The van der Waals surface area contributed by atoms with Crippen molar-refractivity contribution < 1.29 is 22.8 Å². The highest BCUT2D eigenvalue weighted by molar-refractivity contribution is 6.07. The van der Waals surface area contributed by atoms with Gasteiger partial charge < -0.3 is 5.32 Å². The van der Waals surface area contributed by atoms with Crippen molar-refractivity contribution in [2.24, 2.45) is 5.92 Å². The maximum absolute atomic E-state index is 13.0. The van der Waals surface area contributed by atoms with E-state index in [0.29, 0.717) is 12.0 Å². The van der Waals surface area contributed by atoms with Crippen LogP contribution in [-0.4, -0.2) is 46.7 Å². The minimum absolute atomic E-state index is 0.0000361. The Kier molecular flexibility index (Phi) is 5.46. The summed E-state index contributed by atoms with van der Waals surface area (Å²) in [6.45, 7) is 0.341. The lowest BCUT2D eigenvalue weighted by Gasteiger charge is -2.37. The molecule has 1 aromatic rings. The zero-order valence-corrected chi connectivity index (χ0v) is 15.3. The third-order valence-electron chi connectivity index (χ3n) is 5.49. The summed E-state index contributed by atoms with van der Waals surface area (Å²) in [5.41, 5.74) is -0.277. The molecule has 2 atom stereocenters.